The van der Waals surface area contributed by atoms with Gasteiger partial charge in [-0.3, -0.25) is 0 Å². The Bertz CT molecular complexity index is 238. The lowest BCUT2D eigenvalue weighted by atomic mass is 10.3. The molecule has 4 heteroatoms. The molecule has 0 atom stereocenters. The van der Waals surface area contributed by atoms with Crippen molar-refractivity contribution in [3.8, 4) is 0 Å². The van der Waals surface area contributed by atoms with E-state index >= 15 is 0 Å². The molecule has 0 bridgehead atoms. The van der Waals surface area contributed by atoms with Crippen molar-refractivity contribution >= 4 is 5.97 Å². The molecule has 0 spiro atoms. The summed E-state index contributed by atoms with van der Waals surface area (Å²) < 4.78 is 4.60. The van der Waals surface area contributed by atoms with Crippen LogP contribution in [0.15, 0.2) is 16.7 Å². The minimum absolute atomic E-state index is 0.0524. The third kappa shape index (κ3) is 1.16. The molecule has 54 valence electrons. The number of furan rings is 1. The van der Waals surface area contributed by atoms with Gasteiger partial charge in [-0.25, -0.2) is 4.79 Å². The maximum absolute atomic E-state index is 10.2. The lowest BCUT2D eigenvalue weighted by molar-refractivity contribution is 0.0662. The van der Waals surface area contributed by atoms with Gasteiger partial charge in [-0.2, -0.15) is 0 Å². The zero-order valence-electron chi connectivity index (χ0n) is 5.13. The minimum Gasteiger partial charge on any atom is -0.475 e. The summed E-state index contributed by atoms with van der Waals surface area (Å²) in [5.74, 6) is -1.21. The smallest absolute Gasteiger partial charge is 0.371 e. The third-order valence-electron chi connectivity index (χ3n) is 1.07. The number of aromatic carboxylic acids is 1. The van der Waals surface area contributed by atoms with Gasteiger partial charge in [0.15, 0.2) is 6.61 Å². The average molecular weight is 143 g/mol. The zero-order chi connectivity index (χ0) is 7.56. The third-order valence-corrected chi connectivity index (χ3v) is 1.07. The summed E-state index contributed by atoms with van der Waals surface area (Å²) in [6, 6.07) is 1.34. The van der Waals surface area contributed by atoms with Gasteiger partial charge in [-0.1, -0.05) is 0 Å². The van der Waals surface area contributed by atoms with Crippen LogP contribution in [0.1, 0.15) is 16.1 Å². The van der Waals surface area contributed by atoms with Crippen LogP contribution in [-0.4, -0.2) is 16.2 Å². The van der Waals surface area contributed by atoms with Crippen molar-refractivity contribution in [1.29, 1.82) is 0 Å². The normalized spacial score (nSPS) is 9.70. The van der Waals surface area contributed by atoms with Crippen molar-refractivity contribution in [2.24, 2.45) is 0 Å². The maximum atomic E-state index is 10.2. The summed E-state index contributed by atoms with van der Waals surface area (Å²) in [5.41, 5.74) is 0.581. The fourth-order valence-corrected chi connectivity index (χ4v) is 0.580. The monoisotopic (exact) mass is 143 g/mol. The maximum Gasteiger partial charge on any atom is 0.371 e. The van der Waals surface area contributed by atoms with Crippen LogP contribution < -0.4 is 0 Å². The number of rotatable bonds is 2. The van der Waals surface area contributed by atoms with Crippen LogP contribution >= 0.6 is 0 Å². The van der Waals surface area contributed by atoms with E-state index in [0.717, 1.165) is 0 Å². The van der Waals surface area contributed by atoms with E-state index in [1.165, 1.54) is 12.3 Å². The van der Waals surface area contributed by atoms with E-state index < -0.39 is 5.97 Å². The van der Waals surface area contributed by atoms with Gasteiger partial charge in [0, 0.05) is 6.07 Å². The van der Waals surface area contributed by atoms with Crippen LogP contribution in [0.2, 0.25) is 0 Å². The summed E-state index contributed by atoms with van der Waals surface area (Å²) in [4.78, 5) is 10.2. The molecule has 0 aliphatic carbocycles. The molecule has 1 aromatic rings. The van der Waals surface area contributed by atoms with Gasteiger partial charge in [-0.15, -0.1) is 0 Å². The second-order valence-corrected chi connectivity index (χ2v) is 1.80. The lowest BCUT2D eigenvalue weighted by Crippen LogP contribution is -1.91. The number of carboxylic acid groups (broad SMARTS) is 1. The molecule has 1 aromatic heterocycles. The molecule has 1 heterocycles. The van der Waals surface area contributed by atoms with Crippen molar-refractivity contribution < 1.29 is 19.4 Å². The molecule has 0 fully saturated rings. The summed E-state index contributed by atoms with van der Waals surface area (Å²) in [6.45, 7) is 0.0524. The Morgan fingerprint density at radius 2 is 2.50 bits per heavy atom. The first-order valence-corrected chi connectivity index (χ1v) is 2.69. The molecular weight excluding hydrogens is 136 g/mol. The molecule has 10 heavy (non-hydrogen) atoms. The highest BCUT2D eigenvalue weighted by Crippen LogP contribution is 2.06. The molecule has 3 N–H and O–H groups in total. The van der Waals surface area contributed by atoms with Crippen molar-refractivity contribution in [3.63, 3.8) is 0 Å². The number of carboxylic acids is 1. The molecule has 0 aliphatic rings. The van der Waals surface area contributed by atoms with Gasteiger partial charge >= 0.3 is 5.97 Å². The molecule has 0 radical (unpaired) electrons. The Morgan fingerprint density at radius 3 is 2.80 bits per heavy atom. The van der Waals surface area contributed by atoms with Gasteiger partial charge in [0.1, 0.15) is 6.26 Å². The Labute approximate surface area is 56.7 Å². The second kappa shape index (κ2) is 2.53. The van der Waals surface area contributed by atoms with E-state index in [9.17, 15) is 4.79 Å². The average Bonchev–Trinajstić information content (AvgIpc) is 2.34. The predicted octanol–water partition coefficient (Wildman–Crippen LogP) is 0.202. The largest absolute Gasteiger partial charge is 0.475 e. The van der Waals surface area contributed by atoms with E-state index in [-0.39, 0.29) is 12.4 Å². The topological polar surface area (TPSA) is 73.3 Å². The predicted molar refractivity (Wildman–Crippen MR) is 33.0 cm³/mol. The Kier molecular flexibility index (Phi) is 1.73. The standard InChI is InChI=1S/C6H6O4/c7-2-4-1-5(6(8)9)10-3-4/h1,3,7H,2H2,(H,8,9)/p+1. The van der Waals surface area contributed by atoms with Crippen molar-refractivity contribution in [2.45, 2.75) is 6.61 Å². The Balaban J connectivity index is 2.88. The summed E-state index contributed by atoms with van der Waals surface area (Å²) in [5, 5.41) is 15.2. The van der Waals surface area contributed by atoms with Crippen LogP contribution in [0.25, 0.3) is 0 Å². The first-order chi connectivity index (χ1) is 4.74. The number of carbonyl (C=O) groups is 1. The summed E-state index contributed by atoms with van der Waals surface area (Å²) in [6.07, 6.45) is 1.27. The molecule has 0 aliphatic heterocycles. The molecule has 0 aromatic carbocycles. The highest BCUT2D eigenvalue weighted by molar-refractivity contribution is 5.84. The minimum atomic E-state index is -1.10. The van der Waals surface area contributed by atoms with Crippen LogP contribution in [0.3, 0.4) is 0 Å². The van der Waals surface area contributed by atoms with Crippen molar-refractivity contribution in [2.75, 3.05) is 0 Å². The molecule has 0 saturated heterocycles. The fourth-order valence-electron chi connectivity index (χ4n) is 0.580. The van der Waals surface area contributed by atoms with Gasteiger partial charge < -0.3 is 14.6 Å². The molecule has 0 amide bonds. The van der Waals surface area contributed by atoms with Crippen LogP contribution in [0, 0.1) is 0 Å². The quantitative estimate of drug-likeness (QED) is 0.601. The van der Waals surface area contributed by atoms with E-state index in [1.54, 1.807) is 0 Å². The zero-order valence-corrected chi connectivity index (χ0v) is 5.13. The van der Waals surface area contributed by atoms with Crippen LogP contribution in [-0.2, 0) is 6.61 Å². The van der Waals surface area contributed by atoms with E-state index in [1.807, 2.05) is 0 Å². The fraction of sp³-hybridized carbons (Fsp3) is 0.167. The van der Waals surface area contributed by atoms with E-state index in [0.29, 0.717) is 5.56 Å². The molecule has 0 saturated carbocycles. The van der Waals surface area contributed by atoms with Gasteiger partial charge in [0.05, 0.1) is 5.56 Å². The van der Waals surface area contributed by atoms with Gasteiger partial charge in [0.25, 0.3) is 0 Å². The molecule has 1 rings (SSSR count). The summed E-state index contributed by atoms with van der Waals surface area (Å²) in [7, 11) is 0. The van der Waals surface area contributed by atoms with Crippen LogP contribution in [0.4, 0.5) is 0 Å². The lowest BCUT2D eigenvalue weighted by Gasteiger charge is -1.79. The highest BCUT2D eigenvalue weighted by Gasteiger charge is 2.08. The number of hydrogen-bond acceptors (Lipinski definition) is 2. The van der Waals surface area contributed by atoms with Crippen molar-refractivity contribution in [3.05, 3.63) is 23.7 Å². The summed E-state index contributed by atoms with van der Waals surface area (Å²) >= 11 is 0. The first kappa shape index (κ1) is 6.82. The van der Waals surface area contributed by atoms with Crippen molar-refractivity contribution in [1.82, 2.24) is 0 Å². The molecule has 0 unspecified atom stereocenters. The second-order valence-electron chi connectivity index (χ2n) is 1.80. The number of hydrogen-bond donors (Lipinski definition) is 1. The molecular formula is C6H7O4+. The first-order valence-electron chi connectivity index (χ1n) is 2.69. The SMILES string of the molecule is O=C(O)c1cc(C[OH2+])co1. The van der Waals surface area contributed by atoms with Gasteiger partial charge in [0.2, 0.25) is 5.76 Å². The Hall–Kier alpha value is -1.29. The highest BCUT2D eigenvalue weighted by atomic mass is 16.4. The Morgan fingerprint density at radius 1 is 1.80 bits per heavy atom. The molecule has 4 nitrogen and oxygen atoms in total. The van der Waals surface area contributed by atoms with E-state index in [4.69, 9.17) is 10.2 Å². The van der Waals surface area contributed by atoms with E-state index in [2.05, 4.69) is 4.42 Å². The van der Waals surface area contributed by atoms with Gasteiger partial charge in [-0.05, 0) is 0 Å². The van der Waals surface area contributed by atoms with Crippen LogP contribution in [0.5, 0.6) is 0 Å².